The third-order valence-electron chi connectivity index (χ3n) is 2.02. The fraction of sp³-hybridized carbons (Fsp3) is 0.200. The van der Waals surface area contributed by atoms with Crippen LogP contribution in [-0.4, -0.2) is 21.1 Å². The molecule has 0 amide bonds. The molecule has 2 rings (SSSR count). The van der Waals surface area contributed by atoms with Crippen molar-refractivity contribution in [2.45, 2.75) is 10.4 Å². The van der Waals surface area contributed by atoms with E-state index in [9.17, 15) is 5.11 Å². The molecule has 0 aliphatic carbocycles. The summed E-state index contributed by atoms with van der Waals surface area (Å²) in [6.07, 6.45) is -0.525. The Morgan fingerprint density at radius 3 is 2.94 bits per heavy atom. The Hall–Kier alpha value is -0.630. The average Bonchev–Trinajstić information content (AvgIpc) is 2.72. The second-order valence-corrected chi connectivity index (χ2v) is 6.48. The van der Waals surface area contributed by atoms with Gasteiger partial charge in [0.2, 0.25) is 5.13 Å². The summed E-state index contributed by atoms with van der Waals surface area (Å²) in [7, 11) is 0. The molecule has 0 radical (unpaired) electrons. The largest absolute Gasteiger partial charge is 0.388 e. The van der Waals surface area contributed by atoms with Gasteiger partial charge >= 0.3 is 0 Å². The number of benzene rings is 1. The Labute approximate surface area is 115 Å². The van der Waals surface area contributed by atoms with Crippen molar-refractivity contribution in [3.05, 3.63) is 34.3 Å². The first-order chi connectivity index (χ1) is 8.15. The normalized spacial score (nSPS) is 12.6. The molecule has 0 bridgehead atoms. The molecular formula is C10H10BrN3OS2. The predicted octanol–water partition coefficient (Wildman–Crippen LogP) is 2.71. The van der Waals surface area contributed by atoms with Gasteiger partial charge in [0.1, 0.15) is 0 Å². The van der Waals surface area contributed by atoms with E-state index in [4.69, 9.17) is 5.73 Å². The molecule has 0 saturated heterocycles. The lowest BCUT2D eigenvalue weighted by Crippen LogP contribution is -2.00. The standard InChI is InChI=1S/C10H10BrN3OS2/c11-7-3-1-2-6(4-7)8(15)5-16-10-14-13-9(12)17-10/h1-4,8,15H,5H2,(H2,12,13). The van der Waals surface area contributed by atoms with Crippen molar-refractivity contribution in [3.63, 3.8) is 0 Å². The molecule has 1 atom stereocenters. The topological polar surface area (TPSA) is 72.0 Å². The van der Waals surface area contributed by atoms with Gasteiger partial charge in [-0.25, -0.2) is 0 Å². The third kappa shape index (κ3) is 3.67. The summed E-state index contributed by atoms with van der Waals surface area (Å²) in [6, 6.07) is 7.62. The highest BCUT2D eigenvalue weighted by Gasteiger charge is 2.10. The predicted molar refractivity (Wildman–Crippen MR) is 74.1 cm³/mol. The molecule has 4 nitrogen and oxygen atoms in total. The molecule has 7 heteroatoms. The summed E-state index contributed by atoms with van der Waals surface area (Å²) in [5, 5.41) is 18.0. The van der Waals surface area contributed by atoms with Gasteiger partial charge < -0.3 is 10.8 Å². The van der Waals surface area contributed by atoms with Crippen molar-refractivity contribution in [1.29, 1.82) is 0 Å². The maximum Gasteiger partial charge on any atom is 0.203 e. The molecule has 1 aromatic heterocycles. The van der Waals surface area contributed by atoms with Crippen LogP contribution >= 0.6 is 39.0 Å². The molecule has 1 heterocycles. The van der Waals surface area contributed by atoms with Crippen molar-refractivity contribution in [3.8, 4) is 0 Å². The van der Waals surface area contributed by atoms with E-state index in [1.165, 1.54) is 23.1 Å². The third-order valence-corrected chi connectivity index (χ3v) is 4.48. The van der Waals surface area contributed by atoms with E-state index < -0.39 is 6.10 Å². The van der Waals surface area contributed by atoms with E-state index in [0.717, 1.165) is 14.4 Å². The first-order valence-electron chi connectivity index (χ1n) is 4.80. The fourth-order valence-corrected chi connectivity index (χ4v) is 3.29. The second kappa shape index (κ2) is 5.81. The van der Waals surface area contributed by atoms with Crippen LogP contribution < -0.4 is 5.73 Å². The Morgan fingerprint density at radius 2 is 2.29 bits per heavy atom. The van der Waals surface area contributed by atoms with Crippen LogP contribution in [0.5, 0.6) is 0 Å². The van der Waals surface area contributed by atoms with Crippen molar-refractivity contribution in [2.75, 3.05) is 11.5 Å². The zero-order valence-corrected chi connectivity index (χ0v) is 11.9. The van der Waals surface area contributed by atoms with Gasteiger partial charge in [-0.3, -0.25) is 0 Å². The minimum atomic E-state index is -0.525. The number of aromatic nitrogens is 2. The zero-order chi connectivity index (χ0) is 12.3. The fourth-order valence-electron chi connectivity index (χ4n) is 1.24. The Kier molecular flexibility index (Phi) is 4.38. The molecule has 90 valence electrons. The molecule has 3 N–H and O–H groups in total. The van der Waals surface area contributed by atoms with Gasteiger partial charge in [0.05, 0.1) is 6.10 Å². The van der Waals surface area contributed by atoms with Gasteiger partial charge in [-0.1, -0.05) is 51.2 Å². The lowest BCUT2D eigenvalue weighted by molar-refractivity contribution is 0.204. The molecule has 1 aromatic carbocycles. The molecule has 17 heavy (non-hydrogen) atoms. The number of thioether (sulfide) groups is 1. The van der Waals surface area contributed by atoms with Gasteiger partial charge in [-0.15, -0.1) is 10.2 Å². The minimum absolute atomic E-state index is 0.449. The van der Waals surface area contributed by atoms with Crippen molar-refractivity contribution < 1.29 is 5.11 Å². The van der Waals surface area contributed by atoms with Crippen LogP contribution in [0.3, 0.4) is 0 Å². The maximum absolute atomic E-state index is 10.00. The highest BCUT2D eigenvalue weighted by molar-refractivity contribution is 9.10. The molecule has 0 saturated carbocycles. The number of hydrogen-bond donors (Lipinski definition) is 2. The molecule has 0 aliphatic heterocycles. The number of rotatable bonds is 4. The second-order valence-electron chi connectivity index (χ2n) is 3.29. The summed E-state index contributed by atoms with van der Waals surface area (Å²) in [4.78, 5) is 0. The lowest BCUT2D eigenvalue weighted by atomic mass is 10.1. The van der Waals surface area contributed by atoms with Crippen LogP contribution in [0.25, 0.3) is 0 Å². The molecule has 1 unspecified atom stereocenters. The summed E-state index contributed by atoms with van der Waals surface area (Å²) >= 11 is 6.15. The van der Waals surface area contributed by atoms with E-state index in [0.29, 0.717) is 10.9 Å². The minimum Gasteiger partial charge on any atom is -0.388 e. The van der Waals surface area contributed by atoms with Crippen LogP contribution in [0.4, 0.5) is 5.13 Å². The average molecular weight is 332 g/mol. The van der Waals surface area contributed by atoms with E-state index in [2.05, 4.69) is 26.1 Å². The van der Waals surface area contributed by atoms with Gasteiger partial charge in [0.15, 0.2) is 4.34 Å². The van der Waals surface area contributed by atoms with E-state index in [1.54, 1.807) is 0 Å². The number of nitrogens with two attached hydrogens (primary N) is 1. The number of anilines is 1. The summed E-state index contributed by atoms with van der Waals surface area (Å²) < 4.78 is 1.73. The number of nitrogen functional groups attached to an aromatic ring is 1. The molecule has 0 aliphatic rings. The quantitative estimate of drug-likeness (QED) is 0.843. The van der Waals surface area contributed by atoms with Crippen LogP contribution in [0.1, 0.15) is 11.7 Å². The Balaban J connectivity index is 1.95. The summed E-state index contributed by atoms with van der Waals surface area (Å²) in [5.74, 6) is 0.533. The van der Waals surface area contributed by atoms with Crippen LogP contribution in [0, 0.1) is 0 Å². The van der Waals surface area contributed by atoms with Gasteiger partial charge in [0.25, 0.3) is 0 Å². The van der Waals surface area contributed by atoms with Crippen LogP contribution in [-0.2, 0) is 0 Å². The van der Waals surface area contributed by atoms with Crippen LogP contribution in [0.2, 0.25) is 0 Å². The monoisotopic (exact) mass is 331 g/mol. The van der Waals surface area contributed by atoms with E-state index in [-0.39, 0.29) is 0 Å². The Bertz CT molecular complexity index is 506. The SMILES string of the molecule is Nc1nnc(SCC(O)c2cccc(Br)c2)s1. The van der Waals surface area contributed by atoms with Crippen molar-refractivity contribution in [1.82, 2.24) is 10.2 Å². The van der Waals surface area contributed by atoms with Gasteiger partial charge in [0, 0.05) is 10.2 Å². The first kappa shape index (κ1) is 12.8. The first-order valence-corrected chi connectivity index (χ1v) is 7.40. The van der Waals surface area contributed by atoms with Crippen molar-refractivity contribution in [2.24, 2.45) is 0 Å². The summed E-state index contributed by atoms with van der Waals surface area (Å²) in [6.45, 7) is 0. The lowest BCUT2D eigenvalue weighted by Gasteiger charge is -2.09. The molecular weight excluding hydrogens is 322 g/mol. The highest BCUT2D eigenvalue weighted by Crippen LogP contribution is 2.28. The van der Waals surface area contributed by atoms with Gasteiger partial charge in [-0.05, 0) is 17.7 Å². The number of hydrogen-bond acceptors (Lipinski definition) is 6. The Morgan fingerprint density at radius 1 is 1.47 bits per heavy atom. The van der Waals surface area contributed by atoms with Crippen molar-refractivity contribution >= 4 is 44.2 Å². The van der Waals surface area contributed by atoms with E-state index in [1.807, 2.05) is 24.3 Å². The summed E-state index contributed by atoms with van der Waals surface area (Å²) in [5.41, 5.74) is 6.36. The molecule has 2 aromatic rings. The number of nitrogens with zero attached hydrogens (tertiary/aromatic N) is 2. The molecule has 0 fully saturated rings. The number of halogens is 1. The maximum atomic E-state index is 10.00. The van der Waals surface area contributed by atoms with Crippen LogP contribution in [0.15, 0.2) is 33.1 Å². The number of aliphatic hydroxyl groups excluding tert-OH is 1. The van der Waals surface area contributed by atoms with Gasteiger partial charge in [-0.2, -0.15) is 0 Å². The number of aliphatic hydroxyl groups is 1. The zero-order valence-electron chi connectivity index (χ0n) is 8.71. The highest BCUT2D eigenvalue weighted by atomic mass is 79.9. The van der Waals surface area contributed by atoms with E-state index >= 15 is 0 Å². The molecule has 0 spiro atoms. The smallest absolute Gasteiger partial charge is 0.203 e.